The first-order valence-corrected chi connectivity index (χ1v) is 6.26. The van der Waals surface area contributed by atoms with Crippen molar-refractivity contribution < 1.29 is 15.0 Å². The van der Waals surface area contributed by atoms with Gasteiger partial charge in [0.05, 0.1) is 18.1 Å². The second-order valence-electron chi connectivity index (χ2n) is 5.67. The number of aliphatic hydroxyl groups is 1. The zero-order chi connectivity index (χ0) is 14.3. The van der Waals surface area contributed by atoms with Crippen LogP contribution in [0.4, 0.5) is 4.79 Å². The van der Waals surface area contributed by atoms with Crippen molar-refractivity contribution in [1.29, 1.82) is 5.26 Å². The molecule has 2 N–H and O–H groups in total. The SMILES string of the molecule is CC(O)CCCC(C#N)CN(C(=O)O)C(C)(C)C. The molecule has 0 aromatic rings. The van der Waals surface area contributed by atoms with Crippen LogP contribution in [0.25, 0.3) is 0 Å². The summed E-state index contributed by atoms with van der Waals surface area (Å²) in [6.07, 6.45) is 0.607. The molecule has 0 aromatic carbocycles. The molecule has 104 valence electrons. The number of aliphatic hydroxyl groups excluding tert-OH is 1. The fourth-order valence-corrected chi connectivity index (χ4v) is 1.72. The zero-order valence-electron chi connectivity index (χ0n) is 11.7. The summed E-state index contributed by atoms with van der Waals surface area (Å²) in [4.78, 5) is 12.5. The average molecular weight is 256 g/mol. The number of rotatable bonds is 6. The number of amides is 1. The van der Waals surface area contributed by atoms with E-state index in [1.807, 2.05) is 20.8 Å². The predicted octanol–water partition coefficient (Wildman–Crippen LogP) is 2.46. The van der Waals surface area contributed by atoms with Gasteiger partial charge in [-0.3, -0.25) is 0 Å². The summed E-state index contributed by atoms with van der Waals surface area (Å²) in [6.45, 7) is 7.36. The summed E-state index contributed by atoms with van der Waals surface area (Å²) >= 11 is 0. The summed E-state index contributed by atoms with van der Waals surface area (Å²) in [5.74, 6) is -0.320. The van der Waals surface area contributed by atoms with E-state index in [2.05, 4.69) is 6.07 Å². The summed E-state index contributed by atoms with van der Waals surface area (Å²) in [5, 5.41) is 27.3. The Bertz CT molecular complexity index is 302. The molecule has 1 amide bonds. The number of hydrogen-bond donors (Lipinski definition) is 2. The van der Waals surface area contributed by atoms with Crippen molar-refractivity contribution in [2.24, 2.45) is 5.92 Å². The molecule has 0 aliphatic heterocycles. The first-order chi connectivity index (χ1) is 8.18. The van der Waals surface area contributed by atoms with E-state index in [1.54, 1.807) is 6.92 Å². The van der Waals surface area contributed by atoms with Crippen molar-refractivity contribution in [2.45, 2.75) is 58.6 Å². The molecule has 0 aromatic heterocycles. The normalized spacial score (nSPS) is 14.7. The number of nitrogens with zero attached hydrogens (tertiary/aromatic N) is 2. The molecule has 5 heteroatoms. The number of hydrogen-bond acceptors (Lipinski definition) is 3. The van der Waals surface area contributed by atoms with Crippen LogP contribution in [-0.2, 0) is 0 Å². The molecule has 18 heavy (non-hydrogen) atoms. The Morgan fingerprint density at radius 3 is 2.28 bits per heavy atom. The molecule has 0 saturated heterocycles. The van der Waals surface area contributed by atoms with Gasteiger partial charge in [-0.15, -0.1) is 0 Å². The minimum atomic E-state index is -1.00. The Morgan fingerprint density at radius 2 is 1.94 bits per heavy atom. The molecule has 0 spiro atoms. The van der Waals surface area contributed by atoms with Gasteiger partial charge in [0, 0.05) is 12.1 Å². The monoisotopic (exact) mass is 256 g/mol. The molecule has 0 aliphatic rings. The van der Waals surface area contributed by atoms with E-state index in [4.69, 9.17) is 15.5 Å². The molecule has 0 radical (unpaired) electrons. The van der Waals surface area contributed by atoms with Gasteiger partial charge in [0.15, 0.2) is 0 Å². The van der Waals surface area contributed by atoms with E-state index in [-0.39, 0.29) is 18.6 Å². The van der Waals surface area contributed by atoms with Crippen molar-refractivity contribution >= 4 is 6.09 Å². The highest BCUT2D eigenvalue weighted by Crippen LogP contribution is 2.18. The quantitative estimate of drug-likeness (QED) is 0.764. The van der Waals surface area contributed by atoms with Crippen LogP contribution < -0.4 is 0 Å². The minimum absolute atomic E-state index is 0.217. The fourth-order valence-electron chi connectivity index (χ4n) is 1.72. The van der Waals surface area contributed by atoms with Gasteiger partial charge in [0.25, 0.3) is 0 Å². The summed E-state index contributed by atoms with van der Waals surface area (Å²) in [7, 11) is 0. The number of carboxylic acid groups (broad SMARTS) is 1. The number of carbonyl (C=O) groups is 1. The Hall–Kier alpha value is -1.28. The maximum absolute atomic E-state index is 11.2. The highest BCUT2D eigenvalue weighted by Gasteiger charge is 2.28. The lowest BCUT2D eigenvalue weighted by Crippen LogP contribution is -2.47. The molecule has 0 fully saturated rings. The van der Waals surface area contributed by atoms with Crippen LogP contribution in [0, 0.1) is 17.2 Å². The van der Waals surface area contributed by atoms with E-state index in [1.165, 1.54) is 4.90 Å². The highest BCUT2D eigenvalue weighted by molar-refractivity contribution is 5.66. The van der Waals surface area contributed by atoms with Crippen LogP contribution in [0.3, 0.4) is 0 Å². The molecule has 2 unspecified atom stereocenters. The molecule has 0 bridgehead atoms. The Labute approximate surface area is 109 Å². The van der Waals surface area contributed by atoms with Gasteiger partial charge in [0.2, 0.25) is 0 Å². The average Bonchev–Trinajstić information content (AvgIpc) is 2.20. The second kappa shape index (κ2) is 7.22. The summed E-state index contributed by atoms with van der Waals surface area (Å²) < 4.78 is 0. The van der Waals surface area contributed by atoms with Crippen LogP contribution in [0.2, 0.25) is 0 Å². The summed E-state index contributed by atoms with van der Waals surface area (Å²) in [6, 6.07) is 2.15. The van der Waals surface area contributed by atoms with E-state index in [0.717, 1.165) is 6.42 Å². The molecule has 0 rings (SSSR count). The lowest BCUT2D eigenvalue weighted by atomic mass is 9.98. The molecule has 0 saturated carbocycles. The number of nitriles is 1. The van der Waals surface area contributed by atoms with Crippen LogP contribution in [0.15, 0.2) is 0 Å². The van der Waals surface area contributed by atoms with Crippen LogP contribution in [0.1, 0.15) is 47.0 Å². The third kappa shape index (κ3) is 6.45. The lowest BCUT2D eigenvalue weighted by Gasteiger charge is -2.34. The third-order valence-corrected chi connectivity index (χ3v) is 2.80. The van der Waals surface area contributed by atoms with Crippen LogP contribution in [0.5, 0.6) is 0 Å². The van der Waals surface area contributed by atoms with Gasteiger partial charge in [-0.2, -0.15) is 5.26 Å². The van der Waals surface area contributed by atoms with E-state index in [0.29, 0.717) is 12.8 Å². The molecule has 0 heterocycles. The Kier molecular flexibility index (Phi) is 6.71. The van der Waals surface area contributed by atoms with Gasteiger partial charge in [-0.25, -0.2) is 4.79 Å². The second-order valence-corrected chi connectivity index (χ2v) is 5.67. The maximum Gasteiger partial charge on any atom is 0.407 e. The van der Waals surface area contributed by atoms with Gasteiger partial charge >= 0.3 is 6.09 Å². The van der Waals surface area contributed by atoms with Crippen molar-refractivity contribution in [3.8, 4) is 6.07 Å². The van der Waals surface area contributed by atoms with Gasteiger partial charge in [0.1, 0.15) is 0 Å². The van der Waals surface area contributed by atoms with E-state index < -0.39 is 11.6 Å². The first kappa shape index (κ1) is 16.7. The van der Waals surface area contributed by atoms with Crippen LogP contribution >= 0.6 is 0 Å². The van der Waals surface area contributed by atoms with Gasteiger partial charge in [-0.05, 0) is 47.0 Å². The first-order valence-electron chi connectivity index (χ1n) is 6.26. The lowest BCUT2D eigenvalue weighted by molar-refractivity contribution is 0.0921. The van der Waals surface area contributed by atoms with Gasteiger partial charge < -0.3 is 15.1 Å². The van der Waals surface area contributed by atoms with Crippen molar-refractivity contribution in [3.63, 3.8) is 0 Å². The smallest absolute Gasteiger partial charge is 0.407 e. The van der Waals surface area contributed by atoms with Crippen molar-refractivity contribution in [2.75, 3.05) is 6.54 Å². The highest BCUT2D eigenvalue weighted by atomic mass is 16.4. The van der Waals surface area contributed by atoms with Crippen molar-refractivity contribution in [1.82, 2.24) is 4.90 Å². The molecular weight excluding hydrogens is 232 g/mol. The zero-order valence-corrected chi connectivity index (χ0v) is 11.7. The van der Waals surface area contributed by atoms with Gasteiger partial charge in [-0.1, -0.05) is 0 Å². The standard InChI is InChI=1S/C13H24N2O3/c1-10(16)6-5-7-11(8-14)9-15(12(17)18)13(2,3)4/h10-11,16H,5-7,9H2,1-4H3,(H,17,18). The fraction of sp³-hybridized carbons (Fsp3) is 0.846. The Balaban J connectivity index is 4.41. The predicted molar refractivity (Wildman–Crippen MR) is 69.1 cm³/mol. The van der Waals surface area contributed by atoms with E-state index in [9.17, 15) is 4.79 Å². The minimum Gasteiger partial charge on any atom is -0.465 e. The molecule has 5 nitrogen and oxygen atoms in total. The van der Waals surface area contributed by atoms with E-state index >= 15 is 0 Å². The van der Waals surface area contributed by atoms with Crippen LogP contribution in [-0.4, -0.2) is 39.4 Å². The molecule has 0 aliphatic carbocycles. The summed E-state index contributed by atoms with van der Waals surface area (Å²) in [5.41, 5.74) is -0.509. The van der Waals surface area contributed by atoms with Crippen molar-refractivity contribution in [3.05, 3.63) is 0 Å². The maximum atomic E-state index is 11.2. The molecular formula is C13H24N2O3. The molecule has 2 atom stereocenters. The largest absolute Gasteiger partial charge is 0.465 e. The topological polar surface area (TPSA) is 84.6 Å². The Morgan fingerprint density at radius 1 is 1.39 bits per heavy atom. The third-order valence-electron chi connectivity index (χ3n) is 2.80.